The molecule has 0 atom stereocenters. The average molecular weight is 331 g/mol. The first-order chi connectivity index (χ1) is 10.7. The lowest BCUT2D eigenvalue weighted by molar-refractivity contribution is -0.384. The summed E-state index contributed by atoms with van der Waals surface area (Å²) in [4.78, 5) is 10.1. The van der Waals surface area contributed by atoms with E-state index in [1.165, 1.54) is 24.3 Å². The van der Waals surface area contributed by atoms with Crippen LogP contribution >= 0.6 is 0 Å². The van der Waals surface area contributed by atoms with Crippen LogP contribution in [0.5, 0.6) is 0 Å². The van der Waals surface area contributed by atoms with Crippen molar-refractivity contribution in [3.05, 3.63) is 74.2 Å². The van der Waals surface area contributed by atoms with Crippen molar-refractivity contribution in [2.75, 3.05) is 0 Å². The second-order valence-corrected chi connectivity index (χ2v) is 7.23. The summed E-state index contributed by atoms with van der Waals surface area (Å²) >= 11 is 0. The van der Waals surface area contributed by atoms with E-state index in [9.17, 15) is 18.5 Å². The van der Waals surface area contributed by atoms with Crippen molar-refractivity contribution in [1.82, 2.24) is 0 Å². The van der Waals surface area contributed by atoms with Gasteiger partial charge in [0.1, 0.15) is 0 Å². The van der Waals surface area contributed by atoms with Crippen LogP contribution in [0.25, 0.3) is 6.08 Å². The Labute approximate surface area is 135 Å². The van der Waals surface area contributed by atoms with E-state index in [2.05, 4.69) is 0 Å². The molecular formula is C17H17NO4S. The van der Waals surface area contributed by atoms with Gasteiger partial charge >= 0.3 is 0 Å². The Balaban J connectivity index is 2.34. The lowest BCUT2D eigenvalue weighted by Gasteiger charge is -2.06. The van der Waals surface area contributed by atoms with Crippen LogP contribution in [0, 0.1) is 30.9 Å². The molecule has 2 aromatic carbocycles. The zero-order valence-electron chi connectivity index (χ0n) is 13.1. The molecule has 0 aliphatic carbocycles. The minimum atomic E-state index is -3.64. The third-order valence-corrected chi connectivity index (χ3v) is 5.11. The first-order valence-corrected chi connectivity index (χ1v) is 8.51. The van der Waals surface area contributed by atoms with Crippen molar-refractivity contribution in [3.8, 4) is 0 Å². The van der Waals surface area contributed by atoms with Gasteiger partial charge in [0.05, 0.1) is 9.82 Å². The third kappa shape index (κ3) is 3.84. The summed E-state index contributed by atoms with van der Waals surface area (Å²) in [5, 5.41) is 11.7. The smallest absolute Gasteiger partial charge is 0.258 e. The van der Waals surface area contributed by atoms with E-state index in [1.807, 2.05) is 32.9 Å². The van der Waals surface area contributed by atoms with E-state index < -0.39 is 14.8 Å². The van der Waals surface area contributed by atoms with Gasteiger partial charge in [0.2, 0.25) is 0 Å². The quantitative estimate of drug-likeness (QED) is 0.627. The van der Waals surface area contributed by atoms with Gasteiger partial charge < -0.3 is 0 Å². The summed E-state index contributed by atoms with van der Waals surface area (Å²) in [5.74, 6) is 0. The molecule has 0 saturated heterocycles. The van der Waals surface area contributed by atoms with Gasteiger partial charge in [-0.1, -0.05) is 12.1 Å². The highest BCUT2D eigenvalue weighted by Crippen LogP contribution is 2.21. The lowest BCUT2D eigenvalue weighted by atomic mass is 10.0. The fourth-order valence-corrected chi connectivity index (χ4v) is 3.16. The molecule has 2 aromatic rings. The molecule has 0 amide bonds. The number of nitro benzene ring substituents is 1. The molecule has 6 heteroatoms. The molecule has 120 valence electrons. The summed E-state index contributed by atoms with van der Waals surface area (Å²) in [5.41, 5.74) is 3.92. The second-order valence-electron chi connectivity index (χ2n) is 5.39. The van der Waals surface area contributed by atoms with Crippen LogP contribution in [-0.4, -0.2) is 13.3 Å². The highest BCUT2D eigenvalue weighted by molar-refractivity contribution is 7.94. The molecule has 0 unspecified atom stereocenters. The number of benzene rings is 2. The molecular weight excluding hydrogens is 314 g/mol. The Bertz CT molecular complexity index is 882. The number of rotatable bonds is 4. The molecule has 0 saturated carbocycles. The number of nitro groups is 1. The largest absolute Gasteiger partial charge is 0.269 e. The molecule has 5 nitrogen and oxygen atoms in total. The lowest BCUT2D eigenvalue weighted by Crippen LogP contribution is -1.97. The maximum atomic E-state index is 12.3. The summed E-state index contributed by atoms with van der Waals surface area (Å²) < 4.78 is 24.6. The van der Waals surface area contributed by atoms with Gasteiger partial charge in [-0.2, -0.15) is 0 Å². The normalized spacial score (nSPS) is 11.8. The Kier molecular flexibility index (Phi) is 4.65. The predicted molar refractivity (Wildman–Crippen MR) is 90.0 cm³/mol. The molecule has 0 radical (unpaired) electrons. The summed E-state index contributed by atoms with van der Waals surface area (Å²) in [6.07, 6.45) is 1.55. The third-order valence-electron chi connectivity index (χ3n) is 3.69. The standard InChI is InChI=1S/C17H17NO4S/c1-12-10-14(3)15(11-13(12)2)8-9-23(21,22)17-6-4-16(5-7-17)18(19)20/h4-11H,1-3H3/b9-8+. The van der Waals surface area contributed by atoms with E-state index in [4.69, 9.17) is 0 Å². The van der Waals surface area contributed by atoms with Gasteiger partial charge in [-0.05, 0) is 61.2 Å². The van der Waals surface area contributed by atoms with Crippen molar-refractivity contribution in [2.24, 2.45) is 0 Å². The number of aryl methyl sites for hydroxylation is 3. The SMILES string of the molecule is Cc1cc(C)c(/C=C/S(=O)(=O)c2ccc([N+](=O)[O-])cc2)cc1C. The van der Waals surface area contributed by atoms with Crippen LogP contribution in [0.3, 0.4) is 0 Å². The van der Waals surface area contributed by atoms with Gasteiger partial charge in [-0.15, -0.1) is 0 Å². The van der Waals surface area contributed by atoms with E-state index >= 15 is 0 Å². The molecule has 0 aliphatic heterocycles. The molecule has 0 N–H and O–H groups in total. The van der Waals surface area contributed by atoms with Gasteiger partial charge in [0, 0.05) is 17.5 Å². The summed E-state index contributed by atoms with van der Waals surface area (Å²) in [6.45, 7) is 5.89. The zero-order chi connectivity index (χ0) is 17.2. The van der Waals surface area contributed by atoms with E-state index in [0.29, 0.717) is 0 Å². The average Bonchev–Trinajstić information content (AvgIpc) is 2.49. The van der Waals surface area contributed by atoms with Crippen LogP contribution in [0.1, 0.15) is 22.3 Å². The zero-order valence-corrected chi connectivity index (χ0v) is 13.9. The molecule has 0 bridgehead atoms. The van der Waals surface area contributed by atoms with Crippen LogP contribution < -0.4 is 0 Å². The van der Waals surface area contributed by atoms with Gasteiger partial charge in [-0.3, -0.25) is 10.1 Å². The number of hydrogen-bond acceptors (Lipinski definition) is 4. The minimum absolute atomic E-state index is 0.0286. The van der Waals surface area contributed by atoms with Crippen LogP contribution in [0.2, 0.25) is 0 Å². The van der Waals surface area contributed by atoms with Gasteiger partial charge in [0.15, 0.2) is 9.84 Å². The number of non-ortho nitro benzene ring substituents is 1. The van der Waals surface area contributed by atoms with E-state index in [1.54, 1.807) is 6.08 Å². The van der Waals surface area contributed by atoms with Crippen molar-refractivity contribution in [2.45, 2.75) is 25.7 Å². The fourth-order valence-electron chi connectivity index (χ4n) is 2.16. The molecule has 0 aromatic heterocycles. The Morgan fingerprint density at radius 3 is 2.09 bits per heavy atom. The van der Waals surface area contributed by atoms with Crippen LogP contribution in [-0.2, 0) is 9.84 Å². The van der Waals surface area contributed by atoms with Crippen LogP contribution in [0.15, 0.2) is 46.7 Å². The van der Waals surface area contributed by atoms with Crippen LogP contribution in [0.4, 0.5) is 5.69 Å². The Morgan fingerprint density at radius 2 is 1.52 bits per heavy atom. The van der Waals surface area contributed by atoms with Crippen molar-refractivity contribution in [1.29, 1.82) is 0 Å². The monoisotopic (exact) mass is 331 g/mol. The molecule has 23 heavy (non-hydrogen) atoms. The number of hydrogen-bond donors (Lipinski definition) is 0. The summed E-state index contributed by atoms with van der Waals surface area (Å²) in [6, 6.07) is 8.79. The second kappa shape index (κ2) is 6.34. The van der Waals surface area contributed by atoms with Crippen molar-refractivity contribution in [3.63, 3.8) is 0 Å². The van der Waals surface area contributed by atoms with Gasteiger partial charge in [0.25, 0.3) is 5.69 Å². The Hall–Kier alpha value is -2.47. The van der Waals surface area contributed by atoms with Crippen molar-refractivity contribution < 1.29 is 13.3 Å². The Morgan fingerprint density at radius 1 is 0.957 bits per heavy atom. The van der Waals surface area contributed by atoms with Gasteiger partial charge in [-0.25, -0.2) is 8.42 Å². The number of nitrogens with zero attached hydrogens (tertiary/aromatic N) is 1. The number of sulfone groups is 1. The molecule has 2 rings (SSSR count). The molecule has 0 aliphatic rings. The molecule has 0 spiro atoms. The first-order valence-electron chi connectivity index (χ1n) is 6.96. The first kappa shape index (κ1) is 16.9. The van der Waals surface area contributed by atoms with E-state index in [0.717, 1.165) is 27.7 Å². The maximum Gasteiger partial charge on any atom is 0.269 e. The minimum Gasteiger partial charge on any atom is -0.258 e. The highest BCUT2D eigenvalue weighted by atomic mass is 32.2. The topological polar surface area (TPSA) is 77.3 Å². The van der Waals surface area contributed by atoms with E-state index in [-0.39, 0.29) is 10.6 Å². The fraction of sp³-hybridized carbons (Fsp3) is 0.176. The molecule has 0 fully saturated rings. The summed E-state index contributed by atoms with van der Waals surface area (Å²) in [7, 11) is -3.64. The maximum absolute atomic E-state index is 12.3. The molecule has 0 heterocycles. The predicted octanol–water partition coefficient (Wildman–Crippen LogP) is 3.96. The van der Waals surface area contributed by atoms with Crippen molar-refractivity contribution >= 4 is 21.6 Å². The highest BCUT2D eigenvalue weighted by Gasteiger charge is 2.13.